The molecule has 1 saturated heterocycles. The molecular weight excluding hydrogens is 491 g/mol. The molecule has 6 nitrogen and oxygen atoms in total. The first kappa shape index (κ1) is 25.4. The van der Waals surface area contributed by atoms with Gasteiger partial charge in [-0.2, -0.15) is 0 Å². The number of aromatic hydroxyl groups is 1. The number of rotatable bonds is 6. The lowest BCUT2D eigenvalue weighted by Gasteiger charge is -2.24. The van der Waals surface area contributed by atoms with E-state index in [9.17, 15) is 14.3 Å². The lowest BCUT2D eigenvalue weighted by atomic mass is 9.96. The average molecular weight is 521 g/mol. The van der Waals surface area contributed by atoms with Gasteiger partial charge in [0.1, 0.15) is 11.6 Å². The number of benzene rings is 2. The second-order valence-corrected chi connectivity index (χ2v) is 10.4. The van der Waals surface area contributed by atoms with Crippen LogP contribution in [0.1, 0.15) is 29.7 Å². The molecule has 1 atom stereocenters. The number of hydrogen-bond donors (Lipinski definition) is 2. The van der Waals surface area contributed by atoms with Crippen LogP contribution >= 0.6 is 11.6 Å². The van der Waals surface area contributed by atoms with Crippen LogP contribution in [0.3, 0.4) is 0 Å². The summed E-state index contributed by atoms with van der Waals surface area (Å²) in [7, 11) is 2.05. The number of aromatic nitrogens is 2. The standard InChI is InChI=1S/C29H30ClFN4O2/c1-17-7-19(10-20(30)8-17)25-14-33-27-9-18(2)35(23-11-21(31)12-24(36)13-23)29(37)28(27)26(25)16-34(3)15-22-5-4-6-32-22/h7-14,22,32,36H,4-6,15-16H2,1-3H3/t22-/m0/s1. The number of pyridine rings is 2. The predicted molar refractivity (Wildman–Crippen MR) is 146 cm³/mol. The number of nitrogens with one attached hydrogen (secondary N) is 1. The predicted octanol–water partition coefficient (Wildman–Crippen LogP) is 5.35. The van der Waals surface area contributed by atoms with Gasteiger partial charge in [0.15, 0.2) is 0 Å². The van der Waals surface area contributed by atoms with Gasteiger partial charge < -0.3 is 15.3 Å². The molecule has 37 heavy (non-hydrogen) atoms. The molecule has 0 unspecified atom stereocenters. The molecule has 1 fully saturated rings. The molecule has 0 saturated carbocycles. The largest absolute Gasteiger partial charge is 0.508 e. The lowest BCUT2D eigenvalue weighted by Crippen LogP contribution is -2.35. The quantitative estimate of drug-likeness (QED) is 0.358. The second kappa shape index (κ2) is 10.2. The lowest BCUT2D eigenvalue weighted by molar-refractivity contribution is 0.294. The topological polar surface area (TPSA) is 70.4 Å². The van der Waals surface area contributed by atoms with Crippen molar-refractivity contribution in [3.8, 4) is 22.6 Å². The first-order valence-electron chi connectivity index (χ1n) is 12.4. The Kier molecular flexibility index (Phi) is 7.03. The fourth-order valence-corrected chi connectivity index (χ4v) is 5.68. The molecule has 192 valence electrons. The van der Waals surface area contributed by atoms with Crippen molar-refractivity contribution in [2.75, 3.05) is 20.1 Å². The summed E-state index contributed by atoms with van der Waals surface area (Å²) in [5.41, 5.74) is 4.69. The third kappa shape index (κ3) is 5.25. The molecule has 0 bridgehead atoms. The minimum atomic E-state index is -0.619. The van der Waals surface area contributed by atoms with Crippen LogP contribution < -0.4 is 10.9 Å². The summed E-state index contributed by atoms with van der Waals surface area (Å²) in [6.45, 7) is 6.14. The van der Waals surface area contributed by atoms with Crippen molar-refractivity contribution >= 4 is 22.5 Å². The van der Waals surface area contributed by atoms with E-state index in [1.54, 1.807) is 6.92 Å². The molecule has 8 heteroatoms. The van der Waals surface area contributed by atoms with E-state index in [1.165, 1.54) is 16.7 Å². The number of hydrogen-bond acceptors (Lipinski definition) is 5. The number of phenolic OH excluding ortho intramolecular Hbond substituents is 1. The van der Waals surface area contributed by atoms with Crippen LogP contribution in [0.25, 0.3) is 27.7 Å². The summed E-state index contributed by atoms with van der Waals surface area (Å²) in [5, 5.41) is 14.6. The van der Waals surface area contributed by atoms with Gasteiger partial charge >= 0.3 is 0 Å². The van der Waals surface area contributed by atoms with E-state index < -0.39 is 5.82 Å². The Hall–Kier alpha value is -3.26. The van der Waals surface area contributed by atoms with Crippen molar-refractivity contribution in [3.63, 3.8) is 0 Å². The molecule has 5 rings (SSSR count). The van der Waals surface area contributed by atoms with Crippen molar-refractivity contribution in [1.82, 2.24) is 19.8 Å². The summed E-state index contributed by atoms with van der Waals surface area (Å²) < 4.78 is 15.6. The monoisotopic (exact) mass is 520 g/mol. The van der Waals surface area contributed by atoms with Gasteiger partial charge in [-0.3, -0.25) is 14.3 Å². The highest BCUT2D eigenvalue weighted by molar-refractivity contribution is 6.31. The van der Waals surface area contributed by atoms with Gasteiger partial charge in [-0.1, -0.05) is 17.7 Å². The number of fused-ring (bicyclic) bond motifs is 1. The highest BCUT2D eigenvalue weighted by atomic mass is 35.5. The van der Waals surface area contributed by atoms with Crippen LogP contribution in [0.15, 0.2) is 53.5 Å². The van der Waals surface area contributed by atoms with E-state index >= 15 is 0 Å². The molecule has 0 amide bonds. The highest BCUT2D eigenvalue weighted by Crippen LogP contribution is 2.32. The van der Waals surface area contributed by atoms with Crippen LogP contribution in [-0.2, 0) is 6.54 Å². The van der Waals surface area contributed by atoms with E-state index in [4.69, 9.17) is 11.6 Å². The van der Waals surface area contributed by atoms with Gasteiger partial charge in [0.25, 0.3) is 5.56 Å². The molecule has 1 aliphatic rings. The van der Waals surface area contributed by atoms with E-state index in [0.717, 1.165) is 54.3 Å². The van der Waals surface area contributed by atoms with Gasteiger partial charge in [0, 0.05) is 53.7 Å². The fraction of sp³-hybridized carbons (Fsp3) is 0.310. The van der Waals surface area contributed by atoms with Crippen LogP contribution in [0.5, 0.6) is 5.75 Å². The Labute approximate surface area is 220 Å². The maximum atomic E-state index is 14.2. The molecule has 4 aromatic rings. The normalized spacial score (nSPS) is 15.7. The maximum absolute atomic E-state index is 14.2. The fourth-order valence-electron chi connectivity index (χ4n) is 5.39. The first-order valence-corrected chi connectivity index (χ1v) is 12.8. The minimum absolute atomic E-state index is 0.244. The van der Waals surface area contributed by atoms with Crippen molar-refractivity contribution in [1.29, 1.82) is 0 Å². The van der Waals surface area contributed by atoms with Crippen LogP contribution in [0.4, 0.5) is 4.39 Å². The van der Waals surface area contributed by atoms with E-state index in [1.807, 2.05) is 37.4 Å². The number of likely N-dealkylation sites (N-methyl/N-ethyl adjacent to an activating group) is 1. The zero-order chi connectivity index (χ0) is 26.3. The van der Waals surface area contributed by atoms with Gasteiger partial charge in [0.05, 0.1) is 16.6 Å². The van der Waals surface area contributed by atoms with Gasteiger partial charge in [-0.05, 0) is 81.2 Å². The molecule has 1 aliphatic heterocycles. The third-order valence-corrected chi connectivity index (χ3v) is 7.15. The van der Waals surface area contributed by atoms with Gasteiger partial charge in [0.2, 0.25) is 0 Å². The molecule has 2 aromatic heterocycles. The van der Waals surface area contributed by atoms with E-state index in [2.05, 4.69) is 22.2 Å². The van der Waals surface area contributed by atoms with Crippen molar-refractivity contribution in [2.45, 2.75) is 39.3 Å². The summed E-state index contributed by atoms with van der Waals surface area (Å²) in [6, 6.07) is 11.7. The van der Waals surface area contributed by atoms with Crippen LogP contribution in [0.2, 0.25) is 5.02 Å². The Morgan fingerprint density at radius 3 is 2.70 bits per heavy atom. The summed E-state index contributed by atoms with van der Waals surface area (Å²) in [4.78, 5) is 21.0. The summed E-state index contributed by atoms with van der Waals surface area (Å²) in [5.74, 6) is -0.863. The summed E-state index contributed by atoms with van der Waals surface area (Å²) >= 11 is 6.41. The SMILES string of the molecule is Cc1cc(Cl)cc(-c2cnc3cc(C)n(-c4cc(O)cc(F)c4)c(=O)c3c2CN(C)C[C@@H]2CCCN2)c1. The Balaban J connectivity index is 1.74. The Bertz CT molecular complexity index is 1510. The van der Waals surface area contributed by atoms with Crippen LogP contribution in [-0.4, -0.2) is 45.7 Å². The zero-order valence-electron chi connectivity index (χ0n) is 21.2. The highest BCUT2D eigenvalue weighted by Gasteiger charge is 2.22. The van der Waals surface area contributed by atoms with Gasteiger partial charge in [-0.15, -0.1) is 0 Å². The van der Waals surface area contributed by atoms with E-state index in [0.29, 0.717) is 34.2 Å². The van der Waals surface area contributed by atoms with Crippen LogP contribution in [0, 0.1) is 19.7 Å². The van der Waals surface area contributed by atoms with Crippen molar-refractivity contribution in [2.24, 2.45) is 0 Å². The number of aryl methyl sites for hydroxylation is 2. The molecule has 0 aliphatic carbocycles. The maximum Gasteiger partial charge on any atom is 0.265 e. The van der Waals surface area contributed by atoms with E-state index in [-0.39, 0.29) is 17.0 Å². The second-order valence-electron chi connectivity index (χ2n) is 10.0. The van der Waals surface area contributed by atoms with Crippen molar-refractivity contribution < 1.29 is 9.50 Å². The number of phenols is 1. The first-order chi connectivity index (χ1) is 17.7. The molecular formula is C29H30ClFN4O2. The molecule has 0 radical (unpaired) electrons. The minimum Gasteiger partial charge on any atom is -0.508 e. The van der Waals surface area contributed by atoms with Gasteiger partial charge in [-0.25, -0.2) is 4.39 Å². The number of nitrogens with zero attached hydrogens (tertiary/aromatic N) is 3. The summed E-state index contributed by atoms with van der Waals surface area (Å²) in [6.07, 6.45) is 4.09. The Morgan fingerprint density at radius 1 is 1.19 bits per heavy atom. The molecule has 2 N–H and O–H groups in total. The zero-order valence-corrected chi connectivity index (χ0v) is 21.9. The smallest absolute Gasteiger partial charge is 0.265 e. The van der Waals surface area contributed by atoms with Crippen molar-refractivity contribution in [3.05, 3.63) is 86.7 Å². The molecule has 0 spiro atoms. The molecule has 2 aromatic carbocycles. The molecule has 3 heterocycles. The average Bonchev–Trinajstić information content (AvgIpc) is 3.30. The number of halogens is 2. The Morgan fingerprint density at radius 2 is 2.00 bits per heavy atom. The third-order valence-electron chi connectivity index (χ3n) is 6.93.